The molecule has 3 heteroatoms. The Morgan fingerprint density at radius 2 is 1.94 bits per heavy atom. The van der Waals surface area contributed by atoms with Gasteiger partial charge < -0.3 is 5.32 Å². The third-order valence-electron chi connectivity index (χ3n) is 2.90. The molecule has 1 aromatic carbocycles. The summed E-state index contributed by atoms with van der Waals surface area (Å²) in [5.74, 6) is 0.912. The quantitative estimate of drug-likeness (QED) is 0.826. The maximum absolute atomic E-state index is 4.22. The highest BCUT2D eigenvalue weighted by atomic mass is 15.2. The fourth-order valence-electron chi connectivity index (χ4n) is 1.83. The summed E-state index contributed by atoms with van der Waals surface area (Å²) in [7, 11) is 1.88. The minimum atomic E-state index is 0.912. The van der Waals surface area contributed by atoms with Crippen LogP contribution >= 0.6 is 0 Å². The van der Waals surface area contributed by atoms with E-state index in [1.165, 1.54) is 11.1 Å². The smallest absolute Gasteiger partial charge is 0.151 e. The molecule has 1 aromatic heterocycles. The van der Waals surface area contributed by atoms with Crippen molar-refractivity contribution in [3.8, 4) is 11.3 Å². The number of anilines is 1. The van der Waals surface area contributed by atoms with Gasteiger partial charge in [0.25, 0.3) is 0 Å². The maximum atomic E-state index is 4.22. The van der Waals surface area contributed by atoms with Gasteiger partial charge in [-0.25, -0.2) is 0 Å². The van der Waals surface area contributed by atoms with E-state index in [1.54, 1.807) is 0 Å². The zero-order valence-corrected chi connectivity index (χ0v) is 9.96. The van der Waals surface area contributed by atoms with Crippen molar-refractivity contribution < 1.29 is 0 Å². The SMILES string of the molecule is CCc1ccc(-c2[nH]nc(NC)c2C)cc1. The van der Waals surface area contributed by atoms with Gasteiger partial charge >= 0.3 is 0 Å². The van der Waals surface area contributed by atoms with Crippen LogP contribution in [0.5, 0.6) is 0 Å². The van der Waals surface area contributed by atoms with Gasteiger partial charge in [0.05, 0.1) is 5.69 Å². The highest BCUT2D eigenvalue weighted by molar-refractivity contribution is 5.68. The number of nitrogens with zero attached hydrogens (tertiary/aromatic N) is 1. The van der Waals surface area contributed by atoms with Crippen molar-refractivity contribution in [2.45, 2.75) is 20.3 Å². The Morgan fingerprint density at radius 1 is 1.25 bits per heavy atom. The molecule has 0 aliphatic heterocycles. The molecule has 0 saturated heterocycles. The summed E-state index contributed by atoms with van der Waals surface area (Å²) in [6, 6.07) is 8.60. The van der Waals surface area contributed by atoms with Crippen LogP contribution in [0, 0.1) is 6.92 Å². The first-order valence-corrected chi connectivity index (χ1v) is 5.58. The van der Waals surface area contributed by atoms with Crippen LogP contribution < -0.4 is 5.32 Å². The minimum absolute atomic E-state index is 0.912. The average molecular weight is 215 g/mol. The summed E-state index contributed by atoms with van der Waals surface area (Å²) in [6.45, 7) is 4.23. The van der Waals surface area contributed by atoms with E-state index in [2.05, 4.69) is 53.6 Å². The van der Waals surface area contributed by atoms with Crippen molar-refractivity contribution in [1.29, 1.82) is 0 Å². The van der Waals surface area contributed by atoms with Crippen molar-refractivity contribution in [1.82, 2.24) is 10.2 Å². The molecule has 3 nitrogen and oxygen atoms in total. The van der Waals surface area contributed by atoms with E-state index in [0.29, 0.717) is 0 Å². The number of H-pyrrole nitrogens is 1. The molecule has 2 N–H and O–H groups in total. The van der Waals surface area contributed by atoms with Gasteiger partial charge in [0.1, 0.15) is 0 Å². The van der Waals surface area contributed by atoms with Crippen molar-refractivity contribution >= 4 is 5.82 Å². The monoisotopic (exact) mass is 215 g/mol. The zero-order valence-electron chi connectivity index (χ0n) is 9.96. The summed E-state index contributed by atoms with van der Waals surface area (Å²) in [5.41, 5.74) is 4.79. The minimum Gasteiger partial charge on any atom is -0.371 e. The maximum Gasteiger partial charge on any atom is 0.151 e. The number of rotatable bonds is 3. The summed E-state index contributed by atoms with van der Waals surface area (Å²) in [4.78, 5) is 0. The van der Waals surface area contributed by atoms with Gasteiger partial charge in [-0.2, -0.15) is 5.10 Å². The Labute approximate surface area is 95.9 Å². The topological polar surface area (TPSA) is 40.7 Å². The molecule has 0 aliphatic rings. The van der Waals surface area contributed by atoms with Gasteiger partial charge in [0, 0.05) is 12.6 Å². The molecule has 0 unspecified atom stereocenters. The molecule has 2 rings (SSSR count). The van der Waals surface area contributed by atoms with Crippen LogP contribution in [0.25, 0.3) is 11.3 Å². The van der Waals surface area contributed by atoms with Crippen LogP contribution in [-0.4, -0.2) is 17.2 Å². The molecule has 0 saturated carbocycles. The first kappa shape index (κ1) is 10.7. The molecular formula is C13H17N3. The number of hydrogen-bond acceptors (Lipinski definition) is 2. The third kappa shape index (κ3) is 1.81. The van der Waals surface area contributed by atoms with Crippen molar-refractivity contribution in [2.24, 2.45) is 0 Å². The van der Waals surface area contributed by atoms with Crippen LogP contribution in [0.15, 0.2) is 24.3 Å². The second kappa shape index (κ2) is 4.39. The highest BCUT2D eigenvalue weighted by Gasteiger charge is 2.08. The number of aromatic amines is 1. The molecular weight excluding hydrogens is 198 g/mol. The van der Waals surface area contributed by atoms with Crippen molar-refractivity contribution in [3.05, 3.63) is 35.4 Å². The molecule has 0 spiro atoms. The first-order chi connectivity index (χ1) is 7.76. The van der Waals surface area contributed by atoms with E-state index in [9.17, 15) is 0 Å². The Kier molecular flexibility index (Phi) is 2.95. The van der Waals surface area contributed by atoms with E-state index >= 15 is 0 Å². The lowest BCUT2D eigenvalue weighted by Gasteiger charge is -2.02. The summed E-state index contributed by atoms with van der Waals surface area (Å²) in [5, 5.41) is 10.3. The summed E-state index contributed by atoms with van der Waals surface area (Å²) < 4.78 is 0. The second-order valence-electron chi connectivity index (χ2n) is 3.87. The third-order valence-corrected chi connectivity index (χ3v) is 2.90. The van der Waals surface area contributed by atoms with E-state index < -0.39 is 0 Å². The molecule has 0 amide bonds. The average Bonchev–Trinajstić information content (AvgIpc) is 2.70. The van der Waals surface area contributed by atoms with Gasteiger partial charge in [-0.3, -0.25) is 5.10 Å². The number of benzene rings is 1. The van der Waals surface area contributed by atoms with E-state index in [4.69, 9.17) is 0 Å². The molecule has 1 heterocycles. The summed E-state index contributed by atoms with van der Waals surface area (Å²) >= 11 is 0. The number of aromatic nitrogens is 2. The molecule has 0 atom stereocenters. The van der Waals surface area contributed by atoms with Gasteiger partial charge in [-0.05, 0) is 24.5 Å². The first-order valence-electron chi connectivity index (χ1n) is 5.58. The fourth-order valence-corrected chi connectivity index (χ4v) is 1.83. The van der Waals surface area contributed by atoms with E-state index in [1.807, 2.05) is 7.05 Å². The van der Waals surface area contributed by atoms with Crippen LogP contribution in [0.2, 0.25) is 0 Å². The lowest BCUT2D eigenvalue weighted by molar-refractivity contribution is 1.09. The zero-order chi connectivity index (χ0) is 11.5. The fraction of sp³-hybridized carbons (Fsp3) is 0.308. The van der Waals surface area contributed by atoms with E-state index in [0.717, 1.165) is 23.5 Å². The molecule has 16 heavy (non-hydrogen) atoms. The molecule has 0 radical (unpaired) electrons. The highest BCUT2D eigenvalue weighted by Crippen LogP contribution is 2.25. The van der Waals surface area contributed by atoms with Crippen LogP contribution in [-0.2, 0) is 6.42 Å². The number of hydrogen-bond donors (Lipinski definition) is 2. The standard InChI is InChI=1S/C13H17N3/c1-4-10-5-7-11(8-6-10)12-9(2)13(14-3)16-15-12/h5-8H,4H2,1-3H3,(H2,14,15,16). The normalized spacial score (nSPS) is 10.4. The molecule has 84 valence electrons. The predicted octanol–water partition coefficient (Wildman–Crippen LogP) is 2.99. The van der Waals surface area contributed by atoms with Gasteiger partial charge in [0.2, 0.25) is 0 Å². The Balaban J connectivity index is 2.38. The Hall–Kier alpha value is -1.77. The second-order valence-corrected chi connectivity index (χ2v) is 3.87. The Bertz CT molecular complexity index is 468. The lowest BCUT2D eigenvalue weighted by Crippen LogP contribution is -1.89. The van der Waals surface area contributed by atoms with Crippen LogP contribution in [0.1, 0.15) is 18.1 Å². The van der Waals surface area contributed by atoms with Crippen molar-refractivity contribution in [2.75, 3.05) is 12.4 Å². The van der Waals surface area contributed by atoms with Crippen LogP contribution in [0.4, 0.5) is 5.82 Å². The van der Waals surface area contributed by atoms with Crippen molar-refractivity contribution in [3.63, 3.8) is 0 Å². The molecule has 0 bridgehead atoms. The lowest BCUT2D eigenvalue weighted by atomic mass is 10.1. The van der Waals surface area contributed by atoms with Crippen LogP contribution in [0.3, 0.4) is 0 Å². The molecule has 0 aliphatic carbocycles. The Morgan fingerprint density at radius 3 is 2.44 bits per heavy atom. The predicted molar refractivity (Wildman–Crippen MR) is 67.7 cm³/mol. The number of aryl methyl sites for hydroxylation is 1. The largest absolute Gasteiger partial charge is 0.371 e. The van der Waals surface area contributed by atoms with E-state index in [-0.39, 0.29) is 0 Å². The summed E-state index contributed by atoms with van der Waals surface area (Å²) in [6.07, 6.45) is 1.07. The molecule has 0 fully saturated rings. The van der Waals surface area contributed by atoms with Gasteiger partial charge in [-0.15, -0.1) is 0 Å². The van der Waals surface area contributed by atoms with Gasteiger partial charge in [-0.1, -0.05) is 31.2 Å². The number of nitrogens with one attached hydrogen (secondary N) is 2. The van der Waals surface area contributed by atoms with Gasteiger partial charge in [0.15, 0.2) is 5.82 Å². The molecule has 2 aromatic rings.